The molecule has 0 aliphatic heterocycles. The van der Waals surface area contributed by atoms with Crippen LogP contribution in [0.15, 0.2) is 29.3 Å². The van der Waals surface area contributed by atoms with Crippen molar-refractivity contribution in [3.8, 4) is 18.1 Å². The number of terminal acetylenes is 1. The molecule has 1 unspecified atom stereocenters. The van der Waals surface area contributed by atoms with E-state index in [4.69, 9.17) is 11.2 Å². The Hall–Kier alpha value is -1.42. The Morgan fingerprint density at radius 2 is 2.00 bits per heavy atom. The zero-order chi connectivity index (χ0) is 14.8. The summed E-state index contributed by atoms with van der Waals surface area (Å²) in [4.78, 5) is 4.44. The first kappa shape index (κ1) is 19.6. The Kier molecular flexibility index (Phi) is 10.5. The lowest BCUT2D eigenvalue weighted by molar-refractivity contribution is 0.230. The van der Waals surface area contributed by atoms with Gasteiger partial charge in [-0.3, -0.25) is 0 Å². The molecule has 0 bridgehead atoms. The highest BCUT2D eigenvalue weighted by Gasteiger charge is 2.04. The molecule has 0 aliphatic carbocycles. The van der Waals surface area contributed by atoms with Crippen LogP contribution in [-0.2, 0) is 0 Å². The number of hydrogen-bond donors (Lipinski definition) is 2. The molecule has 0 fully saturated rings. The van der Waals surface area contributed by atoms with Crippen LogP contribution in [0.5, 0.6) is 5.75 Å². The van der Waals surface area contributed by atoms with E-state index >= 15 is 0 Å². The van der Waals surface area contributed by atoms with Crippen LogP contribution in [-0.4, -0.2) is 31.7 Å². The van der Waals surface area contributed by atoms with Crippen molar-refractivity contribution in [2.24, 2.45) is 4.99 Å². The SMILES string of the molecule is C#CCNC(=NCC(C)Oc1ccc(C)cc1)NCC.I. The molecule has 5 heteroatoms. The first-order valence-electron chi connectivity index (χ1n) is 6.84. The number of guanidine groups is 1. The fourth-order valence-electron chi connectivity index (χ4n) is 1.58. The minimum atomic E-state index is -0.000928. The van der Waals surface area contributed by atoms with Crippen molar-refractivity contribution in [1.29, 1.82) is 0 Å². The summed E-state index contributed by atoms with van der Waals surface area (Å²) in [6.45, 7) is 7.88. The molecule has 0 radical (unpaired) electrons. The van der Waals surface area contributed by atoms with Crippen LogP contribution >= 0.6 is 24.0 Å². The summed E-state index contributed by atoms with van der Waals surface area (Å²) in [5.41, 5.74) is 1.22. The summed E-state index contributed by atoms with van der Waals surface area (Å²) in [5.74, 6) is 4.10. The lowest BCUT2D eigenvalue weighted by atomic mass is 10.2. The van der Waals surface area contributed by atoms with Gasteiger partial charge in [0.1, 0.15) is 11.9 Å². The average Bonchev–Trinajstić information content (AvgIpc) is 2.44. The molecule has 0 aliphatic rings. The molecule has 4 nitrogen and oxygen atoms in total. The van der Waals surface area contributed by atoms with Gasteiger partial charge < -0.3 is 15.4 Å². The van der Waals surface area contributed by atoms with E-state index in [0.717, 1.165) is 12.3 Å². The van der Waals surface area contributed by atoms with Crippen LogP contribution in [0.3, 0.4) is 0 Å². The highest BCUT2D eigenvalue weighted by atomic mass is 127. The largest absolute Gasteiger partial charge is 0.489 e. The third-order valence-electron chi connectivity index (χ3n) is 2.57. The second kappa shape index (κ2) is 11.3. The Morgan fingerprint density at radius 1 is 1.33 bits per heavy atom. The highest BCUT2D eigenvalue weighted by molar-refractivity contribution is 14.0. The number of nitrogens with zero attached hydrogens (tertiary/aromatic N) is 1. The quantitative estimate of drug-likeness (QED) is 0.333. The predicted octanol–water partition coefficient (Wildman–Crippen LogP) is 2.57. The second-order valence-electron chi connectivity index (χ2n) is 4.52. The number of benzene rings is 1. The summed E-state index contributed by atoms with van der Waals surface area (Å²) in [7, 11) is 0. The standard InChI is InChI=1S/C16H23N3O.HI/c1-5-11-18-16(17-6-2)19-12-14(4)20-15-9-7-13(3)8-10-15;/h1,7-10,14H,6,11-12H2,2-4H3,(H2,17,18,19);1H. The van der Waals surface area contributed by atoms with Crippen LogP contribution in [0.25, 0.3) is 0 Å². The molecule has 1 rings (SSSR count). The van der Waals surface area contributed by atoms with E-state index in [1.165, 1.54) is 5.56 Å². The molecule has 2 N–H and O–H groups in total. The van der Waals surface area contributed by atoms with Crippen molar-refractivity contribution in [3.63, 3.8) is 0 Å². The van der Waals surface area contributed by atoms with E-state index in [1.807, 2.05) is 38.1 Å². The third kappa shape index (κ3) is 8.45. The number of halogens is 1. The molecular formula is C16H24IN3O. The Labute approximate surface area is 144 Å². The molecule has 0 saturated heterocycles. The Morgan fingerprint density at radius 3 is 2.57 bits per heavy atom. The summed E-state index contributed by atoms with van der Waals surface area (Å²) in [5, 5.41) is 6.18. The van der Waals surface area contributed by atoms with Crippen molar-refractivity contribution >= 4 is 29.9 Å². The van der Waals surface area contributed by atoms with E-state index in [0.29, 0.717) is 19.0 Å². The van der Waals surface area contributed by atoms with Gasteiger partial charge in [0.15, 0.2) is 5.96 Å². The van der Waals surface area contributed by atoms with Crippen LogP contribution in [0, 0.1) is 19.3 Å². The van der Waals surface area contributed by atoms with Gasteiger partial charge in [0, 0.05) is 6.54 Å². The van der Waals surface area contributed by atoms with E-state index in [9.17, 15) is 0 Å². The Bertz CT molecular complexity index is 465. The summed E-state index contributed by atoms with van der Waals surface area (Å²) < 4.78 is 5.80. The molecule has 0 saturated carbocycles. The van der Waals surface area contributed by atoms with Crippen molar-refractivity contribution < 1.29 is 4.74 Å². The fourth-order valence-corrected chi connectivity index (χ4v) is 1.58. The smallest absolute Gasteiger partial charge is 0.192 e. The van der Waals surface area contributed by atoms with Crippen molar-refractivity contribution in [3.05, 3.63) is 29.8 Å². The molecule has 0 spiro atoms. The summed E-state index contributed by atoms with van der Waals surface area (Å²) in [6.07, 6.45) is 5.22. The van der Waals surface area contributed by atoms with Gasteiger partial charge in [0.25, 0.3) is 0 Å². The molecule has 1 aromatic carbocycles. The van der Waals surface area contributed by atoms with Gasteiger partial charge in [0.2, 0.25) is 0 Å². The lowest BCUT2D eigenvalue weighted by Gasteiger charge is -2.14. The van der Waals surface area contributed by atoms with E-state index in [2.05, 4.69) is 28.5 Å². The molecular weight excluding hydrogens is 377 g/mol. The molecule has 1 atom stereocenters. The maximum atomic E-state index is 5.80. The number of aryl methyl sites for hydroxylation is 1. The monoisotopic (exact) mass is 401 g/mol. The summed E-state index contributed by atoms with van der Waals surface area (Å²) >= 11 is 0. The van der Waals surface area contributed by atoms with E-state index < -0.39 is 0 Å². The van der Waals surface area contributed by atoms with Gasteiger partial charge in [-0.1, -0.05) is 23.6 Å². The number of nitrogens with one attached hydrogen (secondary N) is 2. The van der Waals surface area contributed by atoms with Crippen molar-refractivity contribution in [2.75, 3.05) is 19.6 Å². The third-order valence-corrected chi connectivity index (χ3v) is 2.57. The topological polar surface area (TPSA) is 45.7 Å². The zero-order valence-electron chi connectivity index (χ0n) is 12.8. The van der Waals surface area contributed by atoms with Gasteiger partial charge in [-0.25, -0.2) is 4.99 Å². The molecule has 0 amide bonds. The molecule has 116 valence electrons. The van der Waals surface area contributed by atoms with Crippen LogP contribution < -0.4 is 15.4 Å². The van der Waals surface area contributed by atoms with Gasteiger partial charge in [-0.05, 0) is 32.9 Å². The van der Waals surface area contributed by atoms with Crippen molar-refractivity contribution in [2.45, 2.75) is 26.9 Å². The minimum Gasteiger partial charge on any atom is -0.489 e. The lowest BCUT2D eigenvalue weighted by Crippen LogP contribution is -2.38. The van der Waals surface area contributed by atoms with Gasteiger partial charge in [-0.15, -0.1) is 30.4 Å². The molecule has 21 heavy (non-hydrogen) atoms. The minimum absolute atomic E-state index is 0. The number of ether oxygens (including phenoxy) is 1. The van der Waals surface area contributed by atoms with Gasteiger partial charge in [-0.2, -0.15) is 0 Å². The predicted molar refractivity (Wildman–Crippen MR) is 99.5 cm³/mol. The fraction of sp³-hybridized carbons (Fsp3) is 0.438. The number of rotatable bonds is 6. The molecule has 1 aromatic rings. The maximum Gasteiger partial charge on any atom is 0.192 e. The van der Waals surface area contributed by atoms with Crippen LogP contribution in [0.4, 0.5) is 0 Å². The zero-order valence-corrected chi connectivity index (χ0v) is 15.2. The molecule has 0 heterocycles. The van der Waals surface area contributed by atoms with Gasteiger partial charge in [0.05, 0.1) is 13.1 Å². The molecule has 0 aromatic heterocycles. The normalized spacial score (nSPS) is 11.8. The van der Waals surface area contributed by atoms with Crippen LogP contribution in [0.1, 0.15) is 19.4 Å². The van der Waals surface area contributed by atoms with Crippen molar-refractivity contribution in [1.82, 2.24) is 10.6 Å². The number of hydrogen-bond acceptors (Lipinski definition) is 2. The first-order valence-corrected chi connectivity index (χ1v) is 6.84. The van der Waals surface area contributed by atoms with Gasteiger partial charge >= 0.3 is 0 Å². The van der Waals surface area contributed by atoms with Crippen LogP contribution in [0.2, 0.25) is 0 Å². The first-order chi connectivity index (χ1) is 9.65. The highest BCUT2D eigenvalue weighted by Crippen LogP contribution is 2.13. The Balaban J connectivity index is 0.00000400. The second-order valence-corrected chi connectivity index (χ2v) is 4.52. The summed E-state index contributed by atoms with van der Waals surface area (Å²) in [6, 6.07) is 8.00. The maximum absolute atomic E-state index is 5.80. The average molecular weight is 401 g/mol. The number of aliphatic imine (C=N–C) groups is 1. The van der Waals surface area contributed by atoms with E-state index in [1.54, 1.807) is 0 Å². The van der Waals surface area contributed by atoms with E-state index in [-0.39, 0.29) is 30.1 Å².